The molecule has 1 spiro atoms. The molecule has 3 aliphatic heterocycles. The van der Waals surface area contributed by atoms with E-state index in [9.17, 15) is 4.79 Å². The number of anilines is 1. The smallest absolute Gasteiger partial charge is 0.238 e. The van der Waals surface area contributed by atoms with Gasteiger partial charge in [-0.05, 0) is 31.4 Å². The van der Waals surface area contributed by atoms with Gasteiger partial charge in [0.2, 0.25) is 5.91 Å². The number of nitrogens with zero attached hydrogens (tertiary/aromatic N) is 1. The van der Waals surface area contributed by atoms with E-state index in [1.54, 1.807) is 7.11 Å². The van der Waals surface area contributed by atoms with Crippen molar-refractivity contribution in [3.63, 3.8) is 0 Å². The zero-order valence-corrected chi connectivity index (χ0v) is 15.9. The molecule has 1 amide bonds. The molecule has 4 rings (SSSR count). The maximum absolute atomic E-state index is 12.5. The summed E-state index contributed by atoms with van der Waals surface area (Å²) in [6.45, 7) is 3.98. The lowest BCUT2D eigenvalue weighted by atomic mass is 9.86. The highest BCUT2D eigenvalue weighted by Gasteiger charge is 2.46. The fourth-order valence-electron chi connectivity index (χ4n) is 4.25. The van der Waals surface area contributed by atoms with Gasteiger partial charge in [-0.25, -0.2) is 0 Å². The first-order valence-corrected chi connectivity index (χ1v) is 9.77. The highest BCUT2D eigenvalue weighted by atomic mass is 16.6. The molecular weight excluding hydrogens is 348 g/mol. The Bertz CT molecular complexity index is 674. The number of fused-ring (bicyclic) bond motifs is 1. The third kappa shape index (κ3) is 4.05. The predicted octanol–water partition coefficient (Wildman–Crippen LogP) is 2.06. The summed E-state index contributed by atoms with van der Waals surface area (Å²) in [6, 6.07) is 5.52. The van der Waals surface area contributed by atoms with Gasteiger partial charge in [-0.15, -0.1) is 0 Å². The number of rotatable bonds is 4. The molecule has 7 nitrogen and oxygen atoms in total. The number of carbonyl (C=O) groups excluding carboxylic acids is 1. The maximum Gasteiger partial charge on any atom is 0.238 e. The Morgan fingerprint density at radius 3 is 2.85 bits per heavy atom. The van der Waals surface area contributed by atoms with E-state index in [-0.39, 0.29) is 17.6 Å². The second-order valence-electron chi connectivity index (χ2n) is 7.49. The Morgan fingerprint density at radius 1 is 1.22 bits per heavy atom. The summed E-state index contributed by atoms with van der Waals surface area (Å²) in [5.74, 6) is 1.37. The lowest BCUT2D eigenvalue weighted by Crippen LogP contribution is -2.57. The molecule has 3 heterocycles. The van der Waals surface area contributed by atoms with E-state index in [4.69, 9.17) is 18.9 Å². The van der Waals surface area contributed by atoms with Gasteiger partial charge in [-0.2, -0.15) is 0 Å². The van der Waals surface area contributed by atoms with Crippen LogP contribution in [0.2, 0.25) is 0 Å². The molecule has 3 aliphatic rings. The standard InChI is InChI=1S/C20H28N2O5/c1-24-18-13-22(8-7-20(18)6-2-11-27-20)14-19(23)21-15-4-5-16-17(12-15)26-10-3-9-25-16/h4-5,12,18H,2-3,6-11,13-14H2,1H3,(H,21,23)/t18-,20+/m0/s1. The van der Waals surface area contributed by atoms with Crippen molar-refractivity contribution in [3.8, 4) is 11.5 Å². The molecule has 0 bridgehead atoms. The highest BCUT2D eigenvalue weighted by molar-refractivity contribution is 5.92. The fraction of sp³-hybridized carbons (Fsp3) is 0.650. The van der Waals surface area contributed by atoms with E-state index in [1.165, 1.54) is 0 Å². The number of amides is 1. The van der Waals surface area contributed by atoms with Crippen LogP contribution >= 0.6 is 0 Å². The molecular formula is C20H28N2O5. The Balaban J connectivity index is 1.34. The van der Waals surface area contributed by atoms with E-state index >= 15 is 0 Å². The second-order valence-corrected chi connectivity index (χ2v) is 7.49. The molecule has 148 valence electrons. The molecule has 0 radical (unpaired) electrons. The number of piperidine rings is 1. The summed E-state index contributed by atoms with van der Waals surface area (Å²) in [6.07, 6.45) is 3.91. The molecule has 27 heavy (non-hydrogen) atoms. The SMILES string of the molecule is CO[C@H]1CN(CC(=O)Nc2ccc3c(c2)OCCCO3)CC[C@]12CCCO2. The van der Waals surface area contributed by atoms with Crippen molar-refractivity contribution in [1.82, 2.24) is 4.90 Å². The van der Waals surface area contributed by atoms with Gasteiger partial charge in [0.05, 0.1) is 31.5 Å². The van der Waals surface area contributed by atoms with Gasteiger partial charge in [0.25, 0.3) is 0 Å². The lowest BCUT2D eigenvalue weighted by Gasteiger charge is -2.44. The van der Waals surface area contributed by atoms with E-state index in [2.05, 4.69) is 10.2 Å². The monoisotopic (exact) mass is 376 g/mol. The van der Waals surface area contributed by atoms with Crippen molar-refractivity contribution < 1.29 is 23.7 Å². The van der Waals surface area contributed by atoms with Crippen molar-refractivity contribution in [3.05, 3.63) is 18.2 Å². The zero-order valence-electron chi connectivity index (χ0n) is 15.9. The van der Waals surface area contributed by atoms with Crippen LogP contribution in [0.25, 0.3) is 0 Å². The van der Waals surface area contributed by atoms with Crippen LogP contribution in [0.3, 0.4) is 0 Å². The topological polar surface area (TPSA) is 69.3 Å². The Labute approximate surface area is 159 Å². The van der Waals surface area contributed by atoms with Crippen LogP contribution in [0.5, 0.6) is 11.5 Å². The molecule has 2 atom stereocenters. The predicted molar refractivity (Wildman–Crippen MR) is 100 cm³/mol. The number of hydrogen-bond donors (Lipinski definition) is 1. The number of carbonyl (C=O) groups is 1. The quantitative estimate of drug-likeness (QED) is 0.868. The highest BCUT2D eigenvalue weighted by Crippen LogP contribution is 2.37. The van der Waals surface area contributed by atoms with Gasteiger partial charge in [0.1, 0.15) is 0 Å². The van der Waals surface area contributed by atoms with Crippen LogP contribution in [0.15, 0.2) is 18.2 Å². The van der Waals surface area contributed by atoms with E-state index in [0.29, 0.717) is 32.1 Å². The zero-order chi connectivity index (χ0) is 18.7. The minimum absolute atomic E-state index is 0.0135. The Morgan fingerprint density at radius 2 is 2.07 bits per heavy atom. The summed E-state index contributed by atoms with van der Waals surface area (Å²) >= 11 is 0. The molecule has 0 saturated carbocycles. The molecule has 7 heteroatoms. The van der Waals surface area contributed by atoms with Crippen LogP contribution in [0.1, 0.15) is 25.7 Å². The molecule has 0 aliphatic carbocycles. The third-order valence-electron chi connectivity index (χ3n) is 5.68. The van der Waals surface area contributed by atoms with Crippen LogP contribution < -0.4 is 14.8 Å². The van der Waals surface area contributed by atoms with E-state index in [0.717, 1.165) is 50.3 Å². The molecule has 0 aromatic heterocycles. The average Bonchev–Trinajstić information content (AvgIpc) is 3.01. The normalized spacial score (nSPS) is 28.1. The molecule has 2 fully saturated rings. The van der Waals surface area contributed by atoms with Crippen LogP contribution in [0, 0.1) is 0 Å². The van der Waals surface area contributed by atoms with Crippen LogP contribution in [-0.4, -0.2) is 69.1 Å². The first-order valence-electron chi connectivity index (χ1n) is 9.77. The molecule has 2 saturated heterocycles. The molecule has 1 aromatic rings. The van der Waals surface area contributed by atoms with Gasteiger partial charge < -0.3 is 24.3 Å². The number of methoxy groups -OCH3 is 1. The first-order chi connectivity index (χ1) is 13.2. The minimum Gasteiger partial charge on any atom is -0.490 e. The number of likely N-dealkylation sites (tertiary alicyclic amines) is 1. The van der Waals surface area contributed by atoms with Gasteiger partial charge in [-0.3, -0.25) is 9.69 Å². The summed E-state index contributed by atoms with van der Waals surface area (Å²) in [7, 11) is 1.73. The van der Waals surface area contributed by atoms with Crippen LogP contribution in [-0.2, 0) is 14.3 Å². The Hall–Kier alpha value is -1.83. The number of nitrogens with one attached hydrogen (secondary N) is 1. The molecule has 0 unspecified atom stereocenters. The van der Waals surface area contributed by atoms with Gasteiger partial charge in [0, 0.05) is 45.0 Å². The molecule has 1 aromatic carbocycles. The Kier molecular flexibility index (Phi) is 5.52. The minimum atomic E-state index is -0.157. The van der Waals surface area contributed by atoms with E-state index in [1.807, 2.05) is 18.2 Å². The summed E-state index contributed by atoms with van der Waals surface area (Å²) < 4.78 is 23.0. The largest absolute Gasteiger partial charge is 0.490 e. The van der Waals surface area contributed by atoms with Gasteiger partial charge in [0.15, 0.2) is 11.5 Å². The lowest BCUT2D eigenvalue weighted by molar-refractivity contribution is -0.145. The summed E-state index contributed by atoms with van der Waals surface area (Å²) in [5, 5.41) is 2.97. The van der Waals surface area contributed by atoms with E-state index < -0.39 is 0 Å². The fourth-order valence-corrected chi connectivity index (χ4v) is 4.25. The summed E-state index contributed by atoms with van der Waals surface area (Å²) in [4.78, 5) is 14.7. The van der Waals surface area contributed by atoms with Gasteiger partial charge in [-0.1, -0.05) is 0 Å². The summed E-state index contributed by atoms with van der Waals surface area (Å²) in [5.41, 5.74) is 0.566. The third-order valence-corrected chi connectivity index (χ3v) is 5.68. The second kappa shape index (κ2) is 8.04. The van der Waals surface area contributed by atoms with Crippen molar-refractivity contribution >= 4 is 11.6 Å². The van der Waals surface area contributed by atoms with Crippen molar-refractivity contribution in [2.75, 3.05) is 51.9 Å². The average molecular weight is 376 g/mol. The first kappa shape index (κ1) is 18.5. The van der Waals surface area contributed by atoms with Crippen LogP contribution in [0.4, 0.5) is 5.69 Å². The number of ether oxygens (including phenoxy) is 4. The van der Waals surface area contributed by atoms with Crippen molar-refractivity contribution in [2.24, 2.45) is 0 Å². The number of benzene rings is 1. The van der Waals surface area contributed by atoms with Crippen molar-refractivity contribution in [1.29, 1.82) is 0 Å². The molecule has 1 N–H and O–H groups in total. The number of hydrogen-bond acceptors (Lipinski definition) is 6. The van der Waals surface area contributed by atoms with Gasteiger partial charge >= 0.3 is 0 Å². The maximum atomic E-state index is 12.5. The van der Waals surface area contributed by atoms with Crippen molar-refractivity contribution in [2.45, 2.75) is 37.4 Å².